The lowest BCUT2D eigenvalue weighted by atomic mass is 10.2. The minimum absolute atomic E-state index is 0.131. The van der Waals surface area contributed by atoms with Crippen LogP contribution in [0.4, 0.5) is 4.39 Å². The smallest absolute Gasteiger partial charge is 0.311 e. The fraction of sp³-hybridized carbons (Fsp3) is 0.100. The van der Waals surface area contributed by atoms with Gasteiger partial charge in [-0.15, -0.1) is 15.3 Å². The van der Waals surface area contributed by atoms with Gasteiger partial charge in [0, 0.05) is 10.6 Å². The van der Waals surface area contributed by atoms with E-state index in [4.69, 9.17) is 16.3 Å². The van der Waals surface area contributed by atoms with Crippen LogP contribution >= 0.6 is 11.6 Å². The van der Waals surface area contributed by atoms with E-state index >= 15 is 0 Å². The van der Waals surface area contributed by atoms with Crippen molar-refractivity contribution in [3.63, 3.8) is 0 Å². The van der Waals surface area contributed by atoms with Gasteiger partial charge in [0.05, 0.1) is 19.2 Å². The standard InChI is InChI=1S/C20H13ClFN7O2/c1-31-16(30)10-15-17-19(28(26-15)14-4-2-3-13(22)9-14)29-20(25-24-17)23-18(27-29)11-5-7-12(21)8-6-11/h2-9H,10H2,1H3. The summed E-state index contributed by atoms with van der Waals surface area (Å²) in [6, 6.07) is 12.9. The number of hydrogen-bond acceptors (Lipinski definition) is 7. The number of carbonyl (C=O) groups excluding carboxylic acids is 1. The second-order valence-electron chi connectivity index (χ2n) is 6.62. The van der Waals surface area contributed by atoms with E-state index in [1.165, 1.54) is 28.4 Å². The summed E-state index contributed by atoms with van der Waals surface area (Å²) < 4.78 is 21.6. The number of fused-ring (bicyclic) bond motifs is 3. The molecule has 0 amide bonds. The van der Waals surface area contributed by atoms with E-state index in [0.717, 1.165) is 5.56 Å². The Hall–Kier alpha value is -3.92. The van der Waals surface area contributed by atoms with Crippen molar-refractivity contribution in [2.24, 2.45) is 0 Å². The molecule has 0 atom stereocenters. The lowest BCUT2D eigenvalue weighted by molar-refractivity contribution is -0.139. The van der Waals surface area contributed by atoms with E-state index in [0.29, 0.717) is 33.4 Å². The number of aromatic nitrogens is 7. The van der Waals surface area contributed by atoms with E-state index < -0.39 is 11.8 Å². The molecule has 0 fully saturated rings. The van der Waals surface area contributed by atoms with E-state index in [2.05, 4.69) is 25.4 Å². The predicted molar refractivity (Wildman–Crippen MR) is 109 cm³/mol. The summed E-state index contributed by atoms with van der Waals surface area (Å²) in [5, 5.41) is 17.9. The van der Waals surface area contributed by atoms with Gasteiger partial charge in [0.1, 0.15) is 11.5 Å². The van der Waals surface area contributed by atoms with Crippen molar-refractivity contribution >= 4 is 34.5 Å². The Bertz CT molecular complexity index is 1450. The van der Waals surface area contributed by atoms with Gasteiger partial charge in [-0.3, -0.25) is 4.79 Å². The van der Waals surface area contributed by atoms with Gasteiger partial charge in [0.15, 0.2) is 17.0 Å². The first-order valence-electron chi connectivity index (χ1n) is 9.13. The van der Waals surface area contributed by atoms with Crippen LogP contribution in [-0.4, -0.2) is 47.7 Å². The van der Waals surface area contributed by atoms with Crippen LogP contribution in [0.15, 0.2) is 48.5 Å². The molecule has 11 heteroatoms. The van der Waals surface area contributed by atoms with E-state index in [1.807, 2.05) is 0 Å². The van der Waals surface area contributed by atoms with Gasteiger partial charge in [0.25, 0.3) is 5.78 Å². The quantitative estimate of drug-likeness (QED) is 0.398. The number of ether oxygens (including phenoxy) is 1. The zero-order valence-electron chi connectivity index (χ0n) is 16.0. The minimum atomic E-state index is -0.492. The fourth-order valence-electron chi connectivity index (χ4n) is 3.18. The van der Waals surface area contributed by atoms with E-state index in [1.54, 1.807) is 36.4 Å². The third-order valence-corrected chi connectivity index (χ3v) is 4.88. The van der Waals surface area contributed by atoms with Crippen molar-refractivity contribution in [3.05, 3.63) is 65.1 Å². The van der Waals surface area contributed by atoms with E-state index in [-0.39, 0.29) is 12.2 Å². The summed E-state index contributed by atoms with van der Waals surface area (Å²) in [5.41, 5.74) is 2.20. The van der Waals surface area contributed by atoms with Crippen LogP contribution in [0, 0.1) is 5.82 Å². The van der Waals surface area contributed by atoms with Gasteiger partial charge in [0.2, 0.25) is 0 Å². The summed E-state index contributed by atoms with van der Waals surface area (Å²) in [5.74, 6) is -0.304. The second-order valence-corrected chi connectivity index (χ2v) is 7.05. The van der Waals surface area contributed by atoms with Gasteiger partial charge in [-0.1, -0.05) is 17.7 Å². The third kappa shape index (κ3) is 3.36. The maximum atomic E-state index is 13.9. The number of hydrogen-bond donors (Lipinski definition) is 0. The first-order chi connectivity index (χ1) is 15.0. The second kappa shape index (κ2) is 7.40. The maximum absolute atomic E-state index is 13.9. The van der Waals surface area contributed by atoms with Gasteiger partial charge in [-0.25, -0.2) is 9.07 Å². The first-order valence-corrected chi connectivity index (χ1v) is 9.51. The van der Waals surface area contributed by atoms with Gasteiger partial charge in [-0.2, -0.15) is 14.6 Å². The monoisotopic (exact) mass is 437 g/mol. The average Bonchev–Trinajstić information content (AvgIpc) is 3.36. The molecule has 0 spiro atoms. The van der Waals surface area contributed by atoms with Crippen LogP contribution in [-0.2, 0) is 16.0 Å². The molecule has 5 rings (SSSR count). The zero-order chi connectivity index (χ0) is 21.5. The van der Waals surface area contributed by atoms with E-state index in [9.17, 15) is 9.18 Å². The summed E-state index contributed by atoms with van der Waals surface area (Å²) in [4.78, 5) is 16.3. The SMILES string of the molecule is COC(=O)Cc1nn(-c2cccc(F)c2)c2c1nnc1nc(-c3ccc(Cl)cc3)nn12. The van der Waals surface area contributed by atoms with Crippen molar-refractivity contribution in [1.82, 2.24) is 34.6 Å². The number of carbonyl (C=O) groups is 1. The molecule has 3 heterocycles. The van der Waals surface area contributed by atoms with Crippen molar-refractivity contribution < 1.29 is 13.9 Å². The number of halogens is 2. The Balaban J connectivity index is 1.78. The van der Waals surface area contributed by atoms with Crippen LogP contribution in [0.2, 0.25) is 5.02 Å². The Morgan fingerprint density at radius 2 is 1.94 bits per heavy atom. The Kier molecular flexibility index (Phi) is 4.55. The molecular formula is C20H13ClFN7O2. The highest BCUT2D eigenvalue weighted by molar-refractivity contribution is 6.30. The molecule has 9 nitrogen and oxygen atoms in total. The molecule has 0 aliphatic heterocycles. The molecule has 0 saturated carbocycles. The van der Waals surface area contributed by atoms with Gasteiger partial charge >= 0.3 is 5.97 Å². The van der Waals surface area contributed by atoms with Crippen LogP contribution in [0.1, 0.15) is 5.69 Å². The molecule has 154 valence electrons. The minimum Gasteiger partial charge on any atom is -0.469 e. The molecule has 0 aliphatic rings. The summed E-state index contributed by atoms with van der Waals surface area (Å²) in [6.45, 7) is 0. The predicted octanol–water partition coefficient (Wildman–Crippen LogP) is 3.03. The average molecular weight is 438 g/mol. The highest BCUT2D eigenvalue weighted by Gasteiger charge is 2.22. The fourth-order valence-corrected chi connectivity index (χ4v) is 3.31. The van der Waals surface area contributed by atoms with Crippen LogP contribution in [0.3, 0.4) is 0 Å². The Morgan fingerprint density at radius 1 is 1.13 bits per heavy atom. The molecular weight excluding hydrogens is 425 g/mol. The largest absolute Gasteiger partial charge is 0.469 e. The van der Waals surface area contributed by atoms with Crippen molar-refractivity contribution in [3.8, 4) is 17.1 Å². The van der Waals surface area contributed by atoms with Crippen molar-refractivity contribution in [1.29, 1.82) is 0 Å². The molecule has 0 N–H and O–H groups in total. The number of esters is 1. The molecule has 31 heavy (non-hydrogen) atoms. The lowest BCUT2D eigenvalue weighted by Gasteiger charge is -2.03. The molecule has 3 aromatic heterocycles. The summed E-state index contributed by atoms with van der Waals surface area (Å²) >= 11 is 5.97. The first kappa shape index (κ1) is 19.1. The van der Waals surface area contributed by atoms with Gasteiger partial charge in [-0.05, 0) is 42.5 Å². The molecule has 2 aromatic carbocycles. The molecule has 0 radical (unpaired) electrons. The van der Waals surface area contributed by atoms with Gasteiger partial charge < -0.3 is 4.74 Å². The number of benzene rings is 2. The molecule has 0 aliphatic carbocycles. The highest BCUT2D eigenvalue weighted by atomic mass is 35.5. The topological polar surface area (TPSA) is 100 Å². The number of rotatable bonds is 4. The number of nitrogens with zero attached hydrogens (tertiary/aromatic N) is 7. The molecule has 5 aromatic rings. The van der Waals surface area contributed by atoms with Crippen LogP contribution in [0.5, 0.6) is 0 Å². The zero-order valence-corrected chi connectivity index (χ0v) is 16.8. The Morgan fingerprint density at radius 3 is 2.68 bits per heavy atom. The lowest BCUT2D eigenvalue weighted by Crippen LogP contribution is -2.06. The van der Waals surface area contributed by atoms with Crippen LogP contribution in [0.25, 0.3) is 34.0 Å². The van der Waals surface area contributed by atoms with Crippen LogP contribution < -0.4 is 0 Å². The maximum Gasteiger partial charge on any atom is 0.311 e. The van der Waals surface area contributed by atoms with Crippen molar-refractivity contribution in [2.75, 3.05) is 7.11 Å². The Labute approximate surface area is 179 Å². The third-order valence-electron chi connectivity index (χ3n) is 4.63. The molecule has 0 unspecified atom stereocenters. The normalized spacial score (nSPS) is 11.3. The molecule has 0 saturated heterocycles. The van der Waals surface area contributed by atoms with Crippen molar-refractivity contribution in [2.45, 2.75) is 6.42 Å². The summed E-state index contributed by atoms with van der Waals surface area (Å²) in [6.07, 6.45) is -0.131. The number of methoxy groups -OCH3 is 1. The summed E-state index contributed by atoms with van der Waals surface area (Å²) in [7, 11) is 1.29. The highest BCUT2D eigenvalue weighted by Crippen LogP contribution is 2.24. The molecule has 0 bridgehead atoms.